The third kappa shape index (κ3) is 4.19. The van der Waals surface area contributed by atoms with E-state index in [1.54, 1.807) is 6.92 Å². The van der Waals surface area contributed by atoms with Crippen molar-refractivity contribution in [2.45, 2.75) is 51.3 Å². The van der Waals surface area contributed by atoms with Gasteiger partial charge in [-0.3, -0.25) is 4.90 Å². The number of pyridine rings is 2. The van der Waals surface area contributed by atoms with Crippen molar-refractivity contribution in [3.05, 3.63) is 41.3 Å². The Balaban J connectivity index is 1.28. The van der Waals surface area contributed by atoms with Crippen molar-refractivity contribution in [3.63, 3.8) is 0 Å². The Morgan fingerprint density at radius 3 is 2.71 bits per heavy atom. The van der Waals surface area contributed by atoms with E-state index in [0.29, 0.717) is 17.7 Å². The quantitative estimate of drug-likeness (QED) is 0.530. The minimum absolute atomic E-state index is 0.516. The van der Waals surface area contributed by atoms with Gasteiger partial charge in [-0.05, 0) is 43.9 Å². The lowest BCUT2D eigenvalue weighted by molar-refractivity contribution is 0.130. The lowest BCUT2D eigenvalue weighted by Gasteiger charge is -2.40. The molecule has 0 aliphatic carbocycles. The molecule has 0 saturated carbocycles. The summed E-state index contributed by atoms with van der Waals surface area (Å²) in [5.41, 5.74) is 3.93. The highest BCUT2D eigenvalue weighted by atomic mass is 16.3. The molecule has 2 fully saturated rings. The van der Waals surface area contributed by atoms with Crippen LogP contribution < -0.4 is 15.5 Å². The minimum Gasteiger partial charge on any atom is -0.387 e. The normalized spacial score (nSPS) is 20.1. The first-order valence-corrected chi connectivity index (χ1v) is 12.5. The molecule has 2 saturated heterocycles. The standard InChI is InChI=1S/C25H32N8O/c1-16(34)21-11-18-12-27-25(31-23(18)24(29-21)32-8-3-2-4-9-32)30-22-6-5-17-15-33(19-13-26-14-19)10-7-20(17)28-22/h5-6,11-12,16,19,26,34H,2-4,7-10,13-15H2,1H3,(H,27,28,30,31)/t16-/m1/s1. The predicted octanol–water partition coefficient (Wildman–Crippen LogP) is 2.54. The van der Waals surface area contributed by atoms with Crippen molar-refractivity contribution in [1.82, 2.24) is 30.2 Å². The molecule has 3 N–H and O–H groups in total. The lowest BCUT2D eigenvalue weighted by Crippen LogP contribution is -2.58. The van der Waals surface area contributed by atoms with Crippen molar-refractivity contribution in [2.75, 3.05) is 42.9 Å². The van der Waals surface area contributed by atoms with Crippen LogP contribution in [0.25, 0.3) is 10.9 Å². The summed E-state index contributed by atoms with van der Waals surface area (Å²) in [6.45, 7) is 7.87. The molecule has 0 bridgehead atoms. The van der Waals surface area contributed by atoms with E-state index in [-0.39, 0.29) is 0 Å². The molecule has 9 nitrogen and oxygen atoms in total. The first kappa shape index (κ1) is 21.6. The maximum absolute atomic E-state index is 10.2. The van der Waals surface area contributed by atoms with Crippen molar-refractivity contribution >= 4 is 28.5 Å². The molecule has 0 radical (unpaired) electrons. The molecule has 1 atom stereocenters. The highest BCUT2D eigenvalue weighted by Crippen LogP contribution is 2.30. The molecule has 0 amide bonds. The van der Waals surface area contributed by atoms with Gasteiger partial charge in [0.05, 0.1) is 11.8 Å². The van der Waals surface area contributed by atoms with Crippen LogP contribution in [-0.4, -0.2) is 68.7 Å². The number of nitrogens with zero attached hydrogens (tertiary/aromatic N) is 6. The van der Waals surface area contributed by atoms with Gasteiger partial charge in [-0.2, -0.15) is 0 Å². The second-order valence-corrected chi connectivity index (χ2v) is 9.69. The van der Waals surface area contributed by atoms with E-state index in [2.05, 4.69) is 31.5 Å². The van der Waals surface area contributed by atoms with Crippen LogP contribution in [0, 0.1) is 0 Å². The lowest BCUT2D eigenvalue weighted by atomic mass is 10.0. The number of rotatable bonds is 5. The third-order valence-corrected chi connectivity index (χ3v) is 7.24. The molecule has 3 aromatic rings. The maximum atomic E-state index is 10.2. The van der Waals surface area contributed by atoms with Crippen LogP contribution >= 0.6 is 0 Å². The number of piperidine rings is 1. The number of hydrogen-bond acceptors (Lipinski definition) is 9. The number of fused-ring (bicyclic) bond motifs is 2. The zero-order chi connectivity index (χ0) is 23.1. The van der Waals surface area contributed by atoms with Gasteiger partial charge < -0.3 is 20.6 Å². The smallest absolute Gasteiger partial charge is 0.229 e. The number of aliphatic hydroxyl groups is 1. The van der Waals surface area contributed by atoms with Gasteiger partial charge in [0.1, 0.15) is 11.3 Å². The molecule has 3 aromatic heterocycles. The Kier molecular flexibility index (Phi) is 5.76. The summed E-state index contributed by atoms with van der Waals surface area (Å²) in [5, 5.41) is 17.7. The molecule has 3 aliphatic heterocycles. The summed E-state index contributed by atoms with van der Waals surface area (Å²) < 4.78 is 0. The molecule has 0 spiro atoms. The topological polar surface area (TPSA) is 102 Å². The Morgan fingerprint density at radius 1 is 1.09 bits per heavy atom. The molecular formula is C25H32N8O. The zero-order valence-electron chi connectivity index (χ0n) is 19.7. The first-order valence-electron chi connectivity index (χ1n) is 12.5. The summed E-state index contributed by atoms with van der Waals surface area (Å²) in [6, 6.07) is 6.75. The summed E-state index contributed by atoms with van der Waals surface area (Å²) >= 11 is 0. The van der Waals surface area contributed by atoms with Crippen LogP contribution in [0.2, 0.25) is 0 Å². The average Bonchev–Trinajstić information content (AvgIpc) is 2.83. The third-order valence-electron chi connectivity index (χ3n) is 7.24. The molecule has 3 aliphatic rings. The largest absolute Gasteiger partial charge is 0.387 e. The molecule has 0 aromatic carbocycles. The van der Waals surface area contributed by atoms with Gasteiger partial charge in [-0.1, -0.05) is 6.07 Å². The van der Waals surface area contributed by atoms with Crippen molar-refractivity contribution in [2.24, 2.45) is 0 Å². The molecular weight excluding hydrogens is 428 g/mol. The second kappa shape index (κ2) is 9.05. The van der Waals surface area contributed by atoms with Gasteiger partial charge in [0.15, 0.2) is 5.82 Å². The minimum atomic E-state index is -0.637. The number of aromatic nitrogens is 4. The van der Waals surface area contributed by atoms with Gasteiger partial charge in [0.2, 0.25) is 5.95 Å². The van der Waals surface area contributed by atoms with Crippen LogP contribution in [0.4, 0.5) is 17.6 Å². The molecule has 6 heterocycles. The Hall–Kier alpha value is -2.88. The van der Waals surface area contributed by atoms with E-state index in [1.165, 1.54) is 12.0 Å². The van der Waals surface area contributed by atoms with Gasteiger partial charge in [-0.25, -0.2) is 19.9 Å². The van der Waals surface area contributed by atoms with E-state index in [4.69, 9.17) is 15.0 Å². The number of anilines is 3. The van der Waals surface area contributed by atoms with Crippen LogP contribution in [0.15, 0.2) is 24.4 Å². The molecule has 178 valence electrons. The summed E-state index contributed by atoms with van der Waals surface area (Å²) in [4.78, 5) is 23.9. The van der Waals surface area contributed by atoms with Crippen LogP contribution in [0.1, 0.15) is 49.2 Å². The average molecular weight is 461 g/mol. The molecule has 9 heteroatoms. The van der Waals surface area contributed by atoms with E-state index in [1.807, 2.05) is 18.3 Å². The zero-order valence-corrected chi connectivity index (χ0v) is 19.7. The van der Waals surface area contributed by atoms with Gasteiger partial charge >= 0.3 is 0 Å². The molecule has 34 heavy (non-hydrogen) atoms. The van der Waals surface area contributed by atoms with Crippen LogP contribution in [0.5, 0.6) is 0 Å². The number of aliphatic hydroxyl groups excluding tert-OH is 1. The molecule has 6 rings (SSSR count). The highest BCUT2D eigenvalue weighted by molar-refractivity contribution is 5.89. The van der Waals surface area contributed by atoms with Crippen molar-refractivity contribution in [3.8, 4) is 0 Å². The molecule has 0 unspecified atom stereocenters. The summed E-state index contributed by atoms with van der Waals surface area (Å²) in [6.07, 6.45) is 5.67. The fourth-order valence-electron chi connectivity index (χ4n) is 5.11. The summed E-state index contributed by atoms with van der Waals surface area (Å²) in [5.74, 6) is 2.12. The Bertz CT molecular complexity index is 1190. The fourth-order valence-corrected chi connectivity index (χ4v) is 5.11. The number of nitrogens with one attached hydrogen (secondary N) is 2. The van der Waals surface area contributed by atoms with Crippen molar-refractivity contribution in [1.29, 1.82) is 0 Å². The monoisotopic (exact) mass is 460 g/mol. The summed E-state index contributed by atoms with van der Waals surface area (Å²) in [7, 11) is 0. The highest BCUT2D eigenvalue weighted by Gasteiger charge is 2.28. The van der Waals surface area contributed by atoms with Gasteiger partial charge in [-0.15, -0.1) is 0 Å². The Labute approximate surface area is 199 Å². The SMILES string of the molecule is C[C@@H](O)c1cc2cnc(Nc3ccc4c(n3)CCN(C3CNC3)C4)nc2c(N2CCCCC2)n1. The Morgan fingerprint density at radius 2 is 1.94 bits per heavy atom. The van der Waals surface area contributed by atoms with E-state index in [0.717, 1.165) is 86.8 Å². The van der Waals surface area contributed by atoms with Crippen LogP contribution in [0.3, 0.4) is 0 Å². The van der Waals surface area contributed by atoms with Gasteiger partial charge in [0, 0.05) is 69.0 Å². The van der Waals surface area contributed by atoms with Gasteiger partial charge in [0.25, 0.3) is 0 Å². The predicted molar refractivity (Wildman–Crippen MR) is 132 cm³/mol. The second-order valence-electron chi connectivity index (χ2n) is 9.69. The van der Waals surface area contributed by atoms with E-state index in [9.17, 15) is 5.11 Å². The maximum Gasteiger partial charge on any atom is 0.229 e. The first-order chi connectivity index (χ1) is 16.6. The van der Waals surface area contributed by atoms with E-state index >= 15 is 0 Å². The van der Waals surface area contributed by atoms with Crippen molar-refractivity contribution < 1.29 is 5.11 Å². The van der Waals surface area contributed by atoms with E-state index < -0.39 is 6.10 Å². The fraction of sp³-hybridized carbons (Fsp3) is 0.520. The van der Waals surface area contributed by atoms with Crippen LogP contribution in [-0.2, 0) is 13.0 Å². The number of hydrogen-bond donors (Lipinski definition) is 3.